The monoisotopic (exact) mass is 378 g/mol. The summed E-state index contributed by atoms with van der Waals surface area (Å²) in [5.41, 5.74) is 0.786. The molecule has 0 spiro atoms. The van der Waals surface area contributed by atoms with Gasteiger partial charge in [0.05, 0.1) is 6.10 Å². The molecule has 0 radical (unpaired) electrons. The van der Waals surface area contributed by atoms with Crippen LogP contribution in [-0.4, -0.2) is 34.9 Å². The van der Waals surface area contributed by atoms with Crippen molar-refractivity contribution >= 4 is 11.9 Å². The number of fused-ring (bicyclic) bond motifs is 1. The number of aliphatic hydroxyl groups is 1. The highest BCUT2D eigenvalue weighted by Gasteiger charge is 2.59. The summed E-state index contributed by atoms with van der Waals surface area (Å²) in [6.45, 7) is 10.1. The second-order valence-corrected chi connectivity index (χ2v) is 8.85. The molecule has 0 heterocycles. The molecule has 0 aliphatic heterocycles. The topological polar surface area (TPSA) is 83.8 Å². The van der Waals surface area contributed by atoms with E-state index in [-0.39, 0.29) is 17.3 Å². The summed E-state index contributed by atoms with van der Waals surface area (Å²) in [5.74, 6) is -0.761. The zero-order valence-electron chi connectivity index (χ0n) is 17.2. The Morgan fingerprint density at radius 1 is 1.33 bits per heavy atom. The van der Waals surface area contributed by atoms with Crippen LogP contribution < -0.4 is 0 Å². The lowest BCUT2D eigenvalue weighted by atomic mass is 9.45. The van der Waals surface area contributed by atoms with Gasteiger partial charge in [-0.1, -0.05) is 32.4 Å². The van der Waals surface area contributed by atoms with Crippen LogP contribution in [0.2, 0.25) is 0 Å². The van der Waals surface area contributed by atoms with E-state index >= 15 is 0 Å². The molecular formula is C22H34O5. The first kappa shape index (κ1) is 21.7. The van der Waals surface area contributed by atoms with Crippen LogP contribution in [-0.2, 0) is 14.3 Å². The van der Waals surface area contributed by atoms with E-state index in [2.05, 4.69) is 13.8 Å². The molecule has 5 unspecified atom stereocenters. The Bertz CT molecular complexity index is 649. The predicted octanol–water partition coefficient (Wildman–Crippen LogP) is 4.11. The second kappa shape index (κ2) is 8.17. The van der Waals surface area contributed by atoms with Gasteiger partial charge in [0.1, 0.15) is 6.61 Å². The Morgan fingerprint density at radius 3 is 2.59 bits per heavy atom. The Hall–Kier alpha value is -1.62. The van der Waals surface area contributed by atoms with Crippen molar-refractivity contribution in [2.75, 3.05) is 6.61 Å². The number of aliphatic hydroxyl groups excluding tert-OH is 1. The van der Waals surface area contributed by atoms with Gasteiger partial charge in [0.15, 0.2) is 0 Å². The average molecular weight is 379 g/mol. The van der Waals surface area contributed by atoms with Gasteiger partial charge in [-0.05, 0) is 62.4 Å². The van der Waals surface area contributed by atoms with Crippen molar-refractivity contribution in [3.8, 4) is 0 Å². The van der Waals surface area contributed by atoms with E-state index in [9.17, 15) is 19.8 Å². The summed E-state index contributed by atoms with van der Waals surface area (Å²) >= 11 is 0. The minimum Gasteiger partial charge on any atom is -0.478 e. The van der Waals surface area contributed by atoms with Gasteiger partial charge in [-0.2, -0.15) is 0 Å². The SMILES string of the molecule is CC(=O)OCC=C(C)CCC1(C)C(C)CC(O)C2(C)C(C(=O)O)=CCCC12. The number of allylic oxidation sites excluding steroid dienone is 2. The lowest BCUT2D eigenvalue weighted by Crippen LogP contribution is -2.57. The van der Waals surface area contributed by atoms with Crippen LogP contribution in [0.1, 0.15) is 66.7 Å². The van der Waals surface area contributed by atoms with E-state index in [0.29, 0.717) is 24.5 Å². The standard InChI is InChI=1S/C22H34O5/c1-14(10-12-27-16(3)23)9-11-21(4)15(2)13-19(24)22(5)17(20(25)26)7-6-8-18(21)22/h7,10,15,18-19,24H,6,8-9,11-13H2,1-5H3,(H,25,26). The fourth-order valence-electron chi connectivity index (χ4n) is 5.33. The van der Waals surface area contributed by atoms with E-state index in [1.807, 2.05) is 26.0 Å². The molecule has 2 rings (SSSR count). The summed E-state index contributed by atoms with van der Waals surface area (Å²) in [7, 11) is 0. The number of aliphatic carboxylic acids is 1. The Labute approximate surface area is 162 Å². The molecule has 1 saturated carbocycles. The van der Waals surface area contributed by atoms with Gasteiger partial charge in [-0.15, -0.1) is 0 Å². The maximum absolute atomic E-state index is 11.9. The van der Waals surface area contributed by atoms with E-state index in [0.717, 1.165) is 25.7 Å². The molecule has 2 aliphatic carbocycles. The van der Waals surface area contributed by atoms with Crippen molar-refractivity contribution in [2.45, 2.75) is 72.8 Å². The highest BCUT2D eigenvalue weighted by molar-refractivity contribution is 5.88. The molecule has 5 nitrogen and oxygen atoms in total. The first-order valence-corrected chi connectivity index (χ1v) is 9.94. The molecule has 0 bridgehead atoms. The smallest absolute Gasteiger partial charge is 0.331 e. The number of esters is 1. The maximum atomic E-state index is 11.9. The molecule has 2 aliphatic rings. The first-order valence-electron chi connectivity index (χ1n) is 9.94. The van der Waals surface area contributed by atoms with Crippen LogP contribution >= 0.6 is 0 Å². The van der Waals surface area contributed by atoms with Crippen LogP contribution in [0.3, 0.4) is 0 Å². The highest BCUT2D eigenvalue weighted by Crippen LogP contribution is 2.62. The van der Waals surface area contributed by atoms with Crippen LogP contribution in [0.5, 0.6) is 0 Å². The molecule has 0 aromatic carbocycles. The molecule has 152 valence electrons. The van der Waals surface area contributed by atoms with Crippen LogP contribution in [0.4, 0.5) is 0 Å². The van der Waals surface area contributed by atoms with Gasteiger partial charge >= 0.3 is 11.9 Å². The van der Waals surface area contributed by atoms with Gasteiger partial charge in [0.25, 0.3) is 0 Å². The third-order valence-electron chi connectivity index (χ3n) is 7.31. The highest BCUT2D eigenvalue weighted by atomic mass is 16.5. The average Bonchev–Trinajstić information content (AvgIpc) is 2.58. The number of carboxylic acids is 1. The fraction of sp³-hybridized carbons (Fsp3) is 0.727. The zero-order chi connectivity index (χ0) is 20.4. The van der Waals surface area contributed by atoms with Crippen LogP contribution in [0.25, 0.3) is 0 Å². The molecule has 1 fully saturated rings. The summed E-state index contributed by atoms with van der Waals surface area (Å²) in [4.78, 5) is 22.8. The Balaban J connectivity index is 2.23. The van der Waals surface area contributed by atoms with Crippen molar-refractivity contribution in [1.82, 2.24) is 0 Å². The minimum absolute atomic E-state index is 0.0561. The normalized spacial score (nSPS) is 36.6. The van der Waals surface area contributed by atoms with E-state index in [1.54, 1.807) is 0 Å². The maximum Gasteiger partial charge on any atom is 0.331 e. The number of ether oxygens (including phenoxy) is 1. The summed E-state index contributed by atoms with van der Waals surface area (Å²) in [6.07, 6.45) is 7.18. The lowest BCUT2D eigenvalue weighted by molar-refractivity contribution is -0.148. The molecule has 27 heavy (non-hydrogen) atoms. The molecule has 0 aromatic heterocycles. The number of hydrogen-bond acceptors (Lipinski definition) is 4. The van der Waals surface area contributed by atoms with E-state index < -0.39 is 17.5 Å². The first-order chi connectivity index (χ1) is 12.5. The third-order valence-corrected chi connectivity index (χ3v) is 7.31. The van der Waals surface area contributed by atoms with Crippen molar-refractivity contribution in [3.05, 3.63) is 23.3 Å². The summed E-state index contributed by atoms with van der Waals surface area (Å²) in [5, 5.41) is 20.6. The molecule has 0 amide bonds. The number of hydrogen-bond donors (Lipinski definition) is 2. The van der Waals surface area contributed by atoms with E-state index in [4.69, 9.17) is 4.74 Å². The largest absolute Gasteiger partial charge is 0.478 e. The molecule has 0 aromatic rings. The quantitative estimate of drug-likeness (QED) is 0.537. The van der Waals surface area contributed by atoms with Crippen molar-refractivity contribution < 1.29 is 24.5 Å². The predicted molar refractivity (Wildman–Crippen MR) is 104 cm³/mol. The zero-order valence-corrected chi connectivity index (χ0v) is 17.2. The van der Waals surface area contributed by atoms with Crippen LogP contribution in [0.15, 0.2) is 23.3 Å². The molecule has 5 atom stereocenters. The molecular weight excluding hydrogens is 344 g/mol. The van der Waals surface area contributed by atoms with Gasteiger partial charge in [0, 0.05) is 17.9 Å². The number of carbonyl (C=O) groups excluding carboxylic acids is 1. The van der Waals surface area contributed by atoms with Gasteiger partial charge in [-0.25, -0.2) is 4.79 Å². The van der Waals surface area contributed by atoms with Crippen molar-refractivity contribution in [3.63, 3.8) is 0 Å². The number of carboxylic acid groups (broad SMARTS) is 1. The van der Waals surface area contributed by atoms with Crippen molar-refractivity contribution in [1.29, 1.82) is 0 Å². The lowest BCUT2D eigenvalue weighted by Gasteiger charge is -2.59. The van der Waals surface area contributed by atoms with Crippen LogP contribution in [0, 0.1) is 22.7 Å². The van der Waals surface area contributed by atoms with Gasteiger partial charge < -0.3 is 14.9 Å². The summed E-state index contributed by atoms with van der Waals surface area (Å²) in [6, 6.07) is 0. The van der Waals surface area contributed by atoms with Gasteiger partial charge in [-0.3, -0.25) is 4.79 Å². The fourth-order valence-corrected chi connectivity index (χ4v) is 5.33. The van der Waals surface area contributed by atoms with Crippen molar-refractivity contribution in [2.24, 2.45) is 22.7 Å². The molecule has 2 N–H and O–H groups in total. The minimum atomic E-state index is -0.907. The molecule has 5 heteroatoms. The third kappa shape index (κ3) is 4.13. The molecule has 0 saturated heterocycles. The number of carbonyl (C=O) groups is 2. The van der Waals surface area contributed by atoms with Gasteiger partial charge in [0.2, 0.25) is 0 Å². The Kier molecular flexibility index (Phi) is 6.56. The Morgan fingerprint density at radius 2 is 2.00 bits per heavy atom. The van der Waals surface area contributed by atoms with E-state index in [1.165, 1.54) is 12.5 Å². The summed E-state index contributed by atoms with van der Waals surface area (Å²) < 4.78 is 4.99. The number of rotatable bonds is 6. The second-order valence-electron chi connectivity index (χ2n) is 8.85.